The highest BCUT2D eigenvalue weighted by molar-refractivity contribution is 6.31. The summed E-state index contributed by atoms with van der Waals surface area (Å²) < 4.78 is 0. The van der Waals surface area contributed by atoms with E-state index < -0.39 is 16.9 Å². The van der Waals surface area contributed by atoms with Crippen molar-refractivity contribution in [3.63, 3.8) is 0 Å². The molecule has 1 aliphatic rings. The maximum atomic E-state index is 12.4. The van der Waals surface area contributed by atoms with Crippen LogP contribution >= 0.6 is 11.6 Å². The van der Waals surface area contributed by atoms with E-state index in [9.17, 15) is 19.7 Å². The fourth-order valence-electron chi connectivity index (χ4n) is 2.22. The Bertz CT molecular complexity index is 860. The zero-order valence-electron chi connectivity index (χ0n) is 12.1. The van der Waals surface area contributed by atoms with E-state index in [1.807, 2.05) is 0 Å². The van der Waals surface area contributed by atoms with Gasteiger partial charge < -0.3 is 5.32 Å². The number of benzene rings is 2. The molecule has 0 unspecified atom stereocenters. The molecule has 0 saturated carbocycles. The van der Waals surface area contributed by atoms with Crippen molar-refractivity contribution >= 4 is 41.0 Å². The maximum Gasteiger partial charge on any atom is 0.333 e. The van der Waals surface area contributed by atoms with E-state index in [1.165, 1.54) is 30.3 Å². The third-order valence-electron chi connectivity index (χ3n) is 3.38. The van der Waals surface area contributed by atoms with Crippen molar-refractivity contribution in [2.75, 3.05) is 4.90 Å². The third-order valence-corrected chi connectivity index (χ3v) is 3.63. The molecule has 3 amide bonds. The molecule has 0 aliphatic carbocycles. The van der Waals surface area contributed by atoms with Crippen LogP contribution < -0.4 is 10.2 Å². The molecule has 8 heteroatoms. The summed E-state index contributed by atoms with van der Waals surface area (Å²) >= 11 is 5.80. The van der Waals surface area contributed by atoms with Gasteiger partial charge in [-0.2, -0.15) is 0 Å². The molecule has 1 aliphatic heterocycles. The van der Waals surface area contributed by atoms with E-state index in [-0.39, 0.29) is 11.4 Å². The van der Waals surface area contributed by atoms with Crippen LogP contribution in [0, 0.1) is 10.1 Å². The van der Waals surface area contributed by atoms with Gasteiger partial charge in [0.15, 0.2) is 0 Å². The number of rotatable bonds is 3. The first kappa shape index (κ1) is 15.7. The normalized spacial score (nSPS) is 15.7. The molecule has 24 heavy (non-hydrogen) atoms. The molecule has 120 valence electrons. The average Bonchev–Trinajstić information content (AvgIpc) is 2.83. The number of amides is 3. The maximum absolute atomic E-state index is 12.4. The second kappa shape index (κ2) is 6.13. The summed E-state index contributed by atoms with van der Waals surface area (Å²) in [5, 5.41) is 13.6. The van der Waals surface area contributed by atoms with Gasteiger partial charge >= 0.3 is 6.03 Å². The molecule has 2 aromatic carbocycles. The number of non-ortho nitro benzene ring substituents is 1. The van der Waals surface area contributed by atoms with Crippen LogP contribution in [-0.4, -0.2) is 16.9 Å². The molecule has 0 spiro atoms. The Kier molecular flexibility index (Phi) is 4.01. The minimum Gasteiger partial charge on any atom is -0.302 e. The van der Waals surface area contributed by atoms with E-state index in [0.29, 0.717) is 16.3 Å². The van der Waals surface area contributed by atoms with Gasteiger partial charge in [0, 0.05) is 17.2 Å². The number of carbonyl (C=O) groups excluding carboxylic acids is 2. The summed E-state index contributed by atoms with van der Waals surface area (Å²) in [5.41, 5.74) is 0.988. The number of nitro groups is 1. The molecule has 1 heterocycles. The molecular weight excluding hydrogens is 334 g/mol. The Balaban J connectivity index is 1.87. The quantitative estimate of drug-likeness (QED) is 0.400. The van der Waals surface area contributed by atoms with Crippen LogP contribution in [0.5, 0.6) is 0 Å². The molecule has 1 N–H and O–H groups in total. The van der Waals surface area contributed by atoms with Crippen LogP contribution in [0.15, 0.2) is 54.2 Å². The fraction of sp³-hybridized carbons (Fsp3) is 0. The van der Waals surface area contributed by atoms with Crippen LogP contribution in [-0.2, 0) is 4.79 Å². The molecule has 0 aromatic heterocycles. The first-order valence-electron chi connectivity index (χ1n) is 6.83. The van der Waals surface area contributed by atoms with Gasteiger partial charge in [0.25, 0.3) is 11.6 Å². The van der Waals surface area contributed by atoms with Gasteiger partial charge in [-0.1, -0.05) is 11.6 Å². The number of nitrogens with zero attached hydrogens (tertiary/aromatic N) is 2. The van der Waals surface area contributed by atoms with Crippen molar-refractivity contribution in [3.8, 4) is 0 Å². The minimum atomic E-state index is -0.574. The lowest BCUT2D eigenvalue weighted by molar-refractivity contribution is -0.384. The van der Waals surface area contributed by atoms with Crippen LogP contribution in [0.2, 0.25) is 5.02 Å². The van der Waals surface area contributed by atoms with E-state index in [0.717, 1.165) is 4.90 Å². The van der Waals surface area contributed by atoms with E-state index in [4.69, 9.17) is 11.6 Å². The number of hydrogen-bond donors (Lipinski definition) is 1. The largest absolute Gasteiger partial charge is 0.333 e. The molecule has 2 aromatic rings. The van der Waals surface area contributed by atoms with Gasteiger partial charge in [-0.25, -0.2) is 9.69 Å². The predicted octanol–water partition coefficient (Wildman–Crippen LogP) is 3.35. The Morgan fingerprint density at radius 1 is 1.04 bits per heavy atom. The Morgan fingerprint density at radius 3 is 2.25 bits per heavy atom. The van der Waals surface area contributed by atoms with Crippen molar-refractivity contribution in [1.82, 2.24) is 5.32 Å². The lowest BCUT2D eigenvalue weighted by atomic mass is 10.1. The highest BCUT2D eigenvalue weighted by Gasteiger charge is 2.34. The van der Waals surface area contributed by atoms with Crippen molar-refractivity contribution < 1.29 is 14.5 Å². The van der Waals surface area contributed by atoms with Gasteiger partial charge in [-0.3, -0.25) is 14.9 Å². The molecule has 7 nitrogen and oxygen atoms in total. The van der Waals surface area contributed by atoms with Gasteiger partial charge in [0.2, 0.25) is 0 Å². The second-order valence-electron chi connectivity index (χ2n) is 4.95. The fourth-order valence-corrected chi connectivity index (χ4v) is 2.34. The number of hydrogen-bond acceptors (Lipinski definition) is 4. The van der Waals surface area contributed by atoms with Crippen molar-refractivity contribution in [3.05, 3.63) is 74.9 Å². The first-order valence-corrected chi connectivity index (χ1v) is 7.20. The van der Waals surface area contributed by atoms with Gasteiger partial charge in [0.1, 0.15) is 5.70 Å². The highest BCUT2D eigenvalue weighted by Crippen LogP contribution is 2.24. The van der Waals surface area contributed by atoms with E-state index >= 15 is 0 Å². The molecule has 3 rings (SSSR count). The zero-order valence-corrected chi connectivity index (χ0v) is 12.9. The van der Waals surface area contributed by atoms with Gasteiger partial charge in [-0.15, -0.1) is 0 Å². The summed E-state index contributed by atoms with van der Waals surface area (Å²) in [4.78, 5) is 35.6. The Morgan fingerprint density at radius 2 is 1.67 bits per heavy atom. The number of anilines is 1. The summed E-state index contributed by atoms with van der Waals surface area (Å²) in [5.74, 6) is -0.513. The predicted molar refractivity (Wildman–Crippen MR) is 88.5 cm³/mol. The Labute approximate surface area is 141 Å². The van der Waals surface area contributed by atoms with Crippen LogP contribution in [0.25, 0.3) is 6.08 Å². The molecule has 0 bridgehead atoms. The Hall–Kier alpha value is -3.19. The van der Waals surface area contributed by atoms with Crippen LogP contribution in [0.1, 0.15) is 5.56 Å². The van der Waals surface area contributed by atoms with Crippen molar-refractivity contribution in [2.24, 2.45) is 0 Å². The standard InChI is InChI=1S/C16H10ClN3O4/c17-11-3-7-12(8-4-11)19-15(21)14(18-16(19)22)9-10-1-5-13(6-2-10)20(23)24/h1-9H,(H,18,22)/b14-9+. The number of imide groups is 1. The van der Waals surface area contributed by atoms with Crippen molar-refractivity contribution in [2.45, 2.75) is 0 Å². The molecular formula is C16H10ClN3O4. The zero-order chi connectivity index (χ0) is 17.3. The number of urea groups is 1. The summed E-state index contributed by atoms with van der Waals surface area (Å²) in [7, 11) is 0. The highest BCUT2D eigenvalue weighted by atomic mass is 35.5. The average molecular weight is 344 g/mol. The molecule has 0 atom stereocenters. The van der Waals surface area contributed by atoms with Crippen LogP contribution in [0.3, 0.4) is 0 Å². The summed E-state index contributed by atoms with van der Waals surface area (Å²) in [6.45, 7) is 0. The molecule has 1 fully saturated rings. The number of nitro benzene ring substituents is 1. The van der Waals surface area contributed by atoms with E-state index in [2.05, 4.69) is 5.32 Å². The van der Waals surface area contributed by atoms with Crippen molar-refractivity contribution in [1.29, 1.82) is 0 Å². The number of nitrogens with one attached hydrogen (secondary N) is 1. The summed E-state index contributed by atoms with van der Waals surface area (Å²) in [6.07, 6.45) is 1.46. The lowest BCUT2D eigenvalue weighted by Crippen LogP contribution is -2.30. The molecule has 1 saturated heterocycles. The lowest BCUT2D eigenvalue weighted by Gasteiger charge is -2.11. The van der Waals surface area contributed by atoms with Gasteiger partial charge in [-0.05, 0) is 48.0 Å². The SMILES string of the molecule is O=C1N/C(=C/c2ccc([N+](=O)[O-])cc2)C(=O)N1c1ccc(Cl)cc1. The number of carbonyl (C=O) groups is 2. The van der Waals surface area contributed by atoms with Gasteiger partial charge in [0.05, 0.1) is 10.6 Å². The second-order valence-corrected chi connectivity index (χ2v) is 5.39. The topological polar surface area (TPSA) is 92.5 Å². The van der Waals surface area contributed by atoms with Crippen LogP contribution in [0.4, 0.5) is 16.2 Å². The molecule has 0 radical (unpaired) electrons. The first-order chi connectivity index (χ1) is 11.5. The minimum absolute atomic E-state index is 0.0540. The monoisotopic (exact) mass is 343 g/mol. The number of halogens is 1. The van der Waals surface area contributed by atoms with E-state index in [1.54, 1.807) is 24.3 Å². The third kappa shape index (κ3) is 2.97. The smallest absolute Gasteiger partial charge is 0.302 e. The summed E-state index contributed by atoms with van der Waals surface area (Å²) in [6, 6.07) is 11.4.